The second-order valence-corrected chi connectivity index (χ2v) is 6.65. The summed E-state index contributed by atoms with van der Waals surface area (Å²) >= 11 is 0. The quantitative estimate of drug-likeness (QED) is 0.640. The van der Waals surface area contributed by atoms with Gasteiger partial charge in [0.15, 0.2) is 0 Å². The van der Waals surface area contributed by atoms with Gasteiger partial charge in [0.1, 0.15) is 0 Å². The first-order valence-corrected chi connectivity index (χ1v) is 7.80. The number of hydrogen-bond donors (Lipinski definition) is 1. The van der Waals surface area contributed by atoms with Gasteiger partial charge in [-0.25, -0.2) is 0 Å². The molecule has 0 bridgehead atoms. The fourth-order valence-electron chi connectivity index (χ4n) is 2.38. The molecular weight excluding hydrogens is 220 g/mol. The fourth-order valence-corrected chi connectivity index (χ4v) is 2.38. The zero-order valence-corrected chi connectivity index (χ0v) is 13.8. The lowest BCUT2D eigenvalue weighted by Crippen LogP contribution is -2.39. The average Bonchev–Trinajstić information content (AvgIpc) is 2.25. The summed E-state index contributed by atoms with van der Waals surface area (Å²) in [6, 6.07) is 1.38. The van der Waals surface area contributed by atoms with E-state index in [0.29, 0.717) is 12.1 Å². The highest BCUT2D eigenvalue weighted by Crippen LogP contribution is 2.13. The van der Waals surface area contributed by atoms with Crippen LogP contribution >= 0.6 is 0 Å². The van der Waals surface area contributed by atoms with E-state index >= 15 is 0 Å². The van der Waals surface area contributed by atoms with Crippen LogP contribution in [0, 0.1) is 11.8 Å². The molecule has 0 rings (SSSR count). The molecule has 0 aliphatic carbocycles. The first kappa shape index (κ1) is 17.9. The molecule has 0 heterocycles. The molecule has 0 saturated carbocycles. The second-order valence-electron chi connectivity index (χ2n) is 6.65. The normalized spacial score (nSPS) is 14.2. The maximum Gasteiger partial charge on any atom is 0.0107 e. The summed E-state index contributed by atoms with van der Waals surface area (Å²) in [5, 5.41) is 3.75. The molecule has 0 radical (unpaired) electrons. The van der Waals surface area contributed by atoms with Crippen LogP contribution in [0.4, 0.5) is 0 Å². The summed E-state index contributed by atoms with van der Waals surface area (Å²) in [4.78, 5) is 2.45. The van der Waals surface area contributed by atoms with Crippen molar-refractivity contribution in [1.82, 2.24) is 10.2 Å². The van der Waals surface area contributed by atoms with Crippen LogP contribution in [0.2, 0.25) is 0 Å². The topological polar surface area (TPSA) is 15.3 Å². The molecule has 2 nitrogen and oxygen atoms in total. The van der Waals surface area contributed by atoms with Crippen molar-refractivity contribution < 1.29 is 0 Å². The van der Waals surface area contributed by atoms with Crippen LogP contribution in [0.25, 0.3) is 0 Å². The van der Waals surface area contributed by atoms with E-state index < -0.39 is 0 Å². The Morgan fingerprint density at radius 3 is 1.83 bits per heavy atom. The highest BCUT2D eigenvalue weighted by molar-refractivity contribution is 4.72. The average molecular weight is 256 g/mol. The molecule has 0 aromatic rings. The lowest BCUT2D eigenvalue weighted by molar-refractivity contribution is 0.242. The Morgan fingerprint density at radius 1 is 0.944 bits per heavy atom. The Morgan fingerprint density at radius 2 is 1.44 bits per heavy atom. The zero-order valence-electron chi connectivity index (χ0n) is 13.8. The standard InChI is InChI=1S/C16H36N2/c1-8-15(6)18(7)10-9-17-16(11-13(2)3)12-14(4)5/h13-17H,8-12H2,1-7H3. The Balaban J connectivity index is 3.95. The molecule has 0 saturated heterocycles. The minimum Gasteiger partial charge on any atom is -0.313 e. The minimum atomic E-state index is 0.690. The maximum atomic E-state index is 3.75. The van der Waals surface area contributed by atoms with Gasteiger partial charge in [-0.3, -0.25) is 0 Å². The van der Waals surface area contributed by atoms with E-state index in [9.17, 15) is 0 Å². The molecule has 18 heavy (non-hydrogen) atoms. The van der Waals surface area contributed by atoms with Crippen molar-refractivity contribution in [2.45, 2.75) is 72.9 Å². The van der Waals surface area contributed by atoms with Crippen LogP contribution < -0.4 is 5.32 Å². The van der Waals surface area contributed by atoms with Crippen molar-refractivity contribution in [1.29, 1.82) is 0 Å². The predicted octanol–water partition coefficient (Wildman–Crippen LogP) is 3.77. The molecule has 1 atom stereocenters. The molecule has 1 N–H and O–H groups in total. The van der Waals surface area contributed by atoms with Gasteiger partial charge < -0.3 is 10.2 Å². The monoisotopic (exact) mass is 256 g/mol. The first-order valence-electron chi connectivity index (χ1n) is 7.80. The predicted molar refractivity (Wildman–Crippen MR) is 83.1 cm³/mol. The smallest absolute Gasteiger partial charge is 0.0107 e. The van der Waals surface area contributed by atoms with Crippen molar-refractivity contribution in [2.24, 2.45) is 11.8 Å². The molecule has 0 aromatic carbocycles. The Kier molecular flexibility index (Phi) is 9.76. The molecular formula is C16H36N2. The van der Waals surface area contributed by atoms with E-state index in [1.54, 1.807) is 0 Å². The number of hydrogen-bond acceptors (Lipinski definition) is 2. The van der Waals surface area contributed by atoms with Crippen molar-refractivity contribution in [3.05, 3.63) is 0 Å². The Bertz CT molecular complexity index is 180. The number of rotatable bonds is 10. The van der Waals surface area contributed by atoms with Gasteiger partial charge in [-0.05, 0) is 45.1 Å². The van der Waals surface area contributed by atoms with Gasteiger partial charge >= 0.3 is 0 Å². The van der Waals surface area contributed by atoms with Crippen LogP contribution in [0.1, 0.15) is 60.8 Å². The van der Waals surface area contributed by atoms with Crippen LogP contribution in [-0.4, -0.2) is 37.1 Å². The Labute approximate surface area is 116 Å². The molecule has 0 aromatic heterocycles. The SMILES string of the molecule is CCC(C)N(C)CCNC(CC(C)C)CC(C)C. The molecule has 0 aliphatic rings. The lowest BCUT2D eigenvalue weighted by Gasteiger charge is -2.27. The molecule has 0 amide bonds. The Hall–Kier alpha value is -0.0800. The highest BCUT2D eigenvalue weighted by atomic mass is 15.1. The second kappa shape index (κ2) is 9.80. The van der Waals surface area contributed by atoms with Gasteiger partial charge in [-0.15, -0.1) is 0 Å². The van der Waals surface area contributed by atoms with E-state index in [1.165, 1.54) is 19.3 Å². The van der Waals surface area contributed by atoms with Crippen LogP contribution in [0.15, 0.2) is 0 Å². The largest absolute Gasteiger partial charge is 0.313 e. The third-order valence-corrected chi connectivity index (χ3v) is 3.75. The van der Waals surface area contributed by atoms with E-state index in [2.05, 4.69) is 58.8 Å². The first-order chi connectivity index (χ1) is 8.36. The van der Waals surface area contributed by atoms with Gasteiger partial charge in [0.2, 0.25) is 0 Å². The van der Waals surface area contributed by atoms with Crippen molar-refractivity contribution in [3.8, 4) is 0 Å². The lowest BCUT2D eigenvalue weighted by atomic mass is 9.95. The molecule has 0 aliphatic heterocycles. The molecule has 2 heteroatoms. The molecule has 1 unspecified atom stereocenters. The van der Waals surface area contributed by atoms with Crippen LogP contribution in [-0.2, 0) is 0 Å². The van der Waals surface area contributed by atoms with Gasteiger partial charge in [-0.2, -0.15) is 0 Å². The third kappa shape index (κ3) is 8.93. The summed E-state index contributed by atoms with van der Waals surface area (Å²) in [6.07, 6.45) is 3.83. The summed E-state index contributed by atoms with van der Waals surface area (Å²) in [5.41, 5.74) is 0. The molecule has 0 spiro atoms. The molecule has 110 valence electrons. The van der Waals surface area contributed by atoms with E-state index in [-0.39, 0.29) is 0 Å². The minimum absolute atomic E-state index is 0.690. The van der Waals surface area contributed by atoms with E-state index in [1.807, 2.05) is 0 Å². The summed E-state index contributed by atoms with van der Waals surface area (Å²) < 4.78 is 0. The van der Waals surface area contributed by atoms with Crippen molar-refractivity contribution in [2.75, 3.05) is 20.1 Å². The van der Waals surface area contributed by atoms with Crippen molar-refractivity contribution in [3.63, 3.8) is 0 Å². The maximum absolute atomic E-state index is 3.75. The van der Waals surface area contributed by atoms with Gasteiger partial charge in [0, 0.05) is 25.2 Å². The van der Waals surface area contributed by atoms with E-state index in [0.717, 1.165) is 24.9 Å². The third-order valence-electron chi connectivity index (χ3n) is 3.75. The van der Waals surface area contributed by atoms with Crippen LogP contribution in [0.3, 0.4) is 0 Å². The zero-order chi connectivity index (χ0) is 14.1. The van der Waals surface area contributed by atoms with E-state index in [4.69, 9.17) is 0 Å². The van der Waals surface area contributed by atoms with Gasteiger partial charge in [-0.1, -0.05) is 34.6 Å². The van der Waals surface area contributed by atoms with Crippen molar-refractivity contribution >= 4 is 0 Å². The highest BCUT2D eigenvalue weighted by Gasteiger charge is 2.13. The summed E-state index contributed by atoms with van der Waals surface area (Å²) in [6.45, 7) is 16.1. The number of nitrogens with zero attached hydrogens (tertiary/aromatic N) is 1. The summed E-state index contributed by atoms with van der Waals surface area (Å²) in [7, 11) is 2.23. The summed E-state index contributed by atoms with van der Waals surface area (Å²) in [5.74, 6) is 1.57. The number of nitrogens with one attached hydrogen (secondary N) is 1. The number of likely N-dealkylation sites (N-methyl/N-ethyl adjacent to an activating group) is 1. The molecule has 0 fully saturated rings. The van der Waals surface area contributed by atoms with Crippen LogP contribution in [0.5, 0.6) is 0 Å². The van der Waals surface area contributed by atoms with Gasteiger partial charge in [0.25, 0.3) is 0 Å². The van der Waals surface area contributed by atoms with Gasteiger partial charge in [0.05, 0.1) is 0 Å². The fraction of sp³-hybridized carbons (Fsp3) is 1.00.